The second-order valence-corrected chi connectivity index (χ2v) is 17.9. The van der Waals surface area contributed by atoms with E-state index in [1.165, 1.54) is 5.39 Å². The lowest BCUT2D eigenvalue weighted by Crippen LogP contribution is -2.11. The van der Waals surface area contributed by atoms with E-state index in [1.807, 2.05) is 24.5 Å². The molecular formula is C64H54N4O4. The van der Waals surface area contributed by atoms with Gasteiger partial charge in [-0.25, -0.2) is 0 Å². The van der Waals surface area contributed by atoms with Gasteiger partial charge in [0.05, 0.1) is 29.4 Å². The number of aryl methyl sites for hydroxylation is 2. The topological polar surface area (TPSA) is 84.9 Å². The third-order valence-electron chi connectivity index (χ3n) is 13.0. The summed E-state index contributed by atoms with van der Waals surface area (Å²) < 4.78 is 10.3. The summed E-state index contributed by atoms with van der Waals surface area (Å²) in [4.78, 5) is 38.3. The number of carbonyl (C=O) groups is 2. The zero-order valence-corrected chi connectivity index (χ0v) is 40.4. The molecule has 0 spiro atoms. The van der Waals surface area contributed by atoms with Crippen molar-refractivity contribution < 1.29 is 19.1 Å². The largest absolute Gasteiger partial charge is 0.463 e. The first kappa shape index (κ1) is 47.0. The van der Waals surface area contributed by atoms with Crippen molar-refractivity contribution in [1.82, 2.24) is 9.97 Å². The third-order valence-corrected chi connectivity index (χ3v) is 13.0. The van der Waals surface area contributed by atoms with E-state index in [1.54, 1.807) is 14.0 Å². The van der Waals surface area contributed by atoms with Gasteiger partial charge in [0.2, 0.25) is 0 Å². The number of aromatic nitrogens is 2. The lowest BCUT2D eigenvalue weighted by Gasteiger charge is -2.27. The maximum Gasteiger partial charge on any atom is 0.306 e. The first-order chi connectivity index (χ1) is 35.4. The number of pyridine rings is 2. The number of hydrogen-bond donors (Lipinski definition) is 0. The third kappa shape index (κ3) is 10.7. The van der Waals surface area contributed by atoms with E-state index in [0.29, 0.717) is 25.9 Å². The monoisotopic (exact) mass is 942 g/mol. The molecule has 0 aliphatic carbocycles. The van der Waals surface area contributed by atoms with Crippen LogP contribution < -0.4 is 9.80 Å². The summed E-state index contributed by atoms with van der Waals surface area (Å²) in [5.74, 6) is -0.0326. The second-order valence-electron chi connectivity index (χ2n) is 17.9. The molecule has 10 rings (SSSR count). The van der Waals surface area contributed by atoms with Crippen molar-refractivity contribution in [3.8, 4) is 33.6 Å². The van der Waals surface area contributed by atoms with Crippen LogP contribution in [-0.2, 0) is 31.9 Å². The highest BCUT2D eigenvalue weighted by Crippen LogP contribution is 2.41. The van der Waals surface area contributed by atoms with Crippen molar-refractivity contribution in [3.63, 3.8) is 0 Å². The fourth-order valence-corrected chi connectivity index (χ4v) is 9.20. The van der Waals surface area contributed by atoms with Crippen LogP contribution in [0.4, 0.5) is 34.1 Å². The van der Waals surface area contributed by atoms with Crippen LogP contribution in [0.5, 0.6) is 0 Å². The van der Waals surface area contributed by atoms with Gasteiger partial charge < -0.3 is 24.1 Å². The highest BCUT2D eigenvalue weighted by molar-refractivity contribution is 6.00. The molecule has 2 aromatic heterocycles. The van der Waals surface area contributed by atoms with Gasteiger partial charge in [0.15, 0.2) is 0 Å². The Kier molecular flexibility index (Phi) is 14.3. The Morgan fingerprint density at radius 2 is 0.833 bits per heavy atom. The molecule has 0 fully saturated rings. The summed E-state index contributed by atoms with van der Waals surface area (Å²) >= 11 is 0. The lowest BCUT2D eigenvalue weighted by atomic mass is 10.0. The molecule has 0 aliphatic heterocycles. The van der Waals surface area contributed by atoms with Gasteiger partial charge in [0.1, 0.15) is 12.4 Å². The van der Waals surface area contributed by atoms with E-state index < -0.39 is 0 Å². The molecule has 0 unspecified atom stereocenters. The molecule has 0 radical (unpaired) electrons. The van der Waals surface area contributed by atoms with E-state index >= 15 is 0 Å². The minimum Gasteiger partial charge on any atom is -0.463 e. The van der Waals surface area contributed by atoms with E-state index in [2.05, 4.69) is 204 Å². The normalized spacial score (nSPS) is 11.1. The van der Waals surface area contributed by atoms with Crippen LogP contribution in [0.25, 0.3) is 55.2 Å². The van der Waals surface area contributed by atoms with Gasteiger partial charge in [0.25, 0.3) is 0 Å². The molecule has 72 heavy (non-hydrogen) atoms. The number of ether oxygens (including phenoxy) is 2. The van der Waals surface area contributed by atoms with E-state index in [0.717, 1.165) is 101 Å². The highest BCUT2D eigenvalue weighted by Gasteiger charge is 2.18. The molecule has 0 N–H and O–H groups in total. The summed E-state index contributed by atoms with van der Waals surface area (Å²) in [6, 6.07) is 72.1. The number of ketones is 1. The smallest absolute Gasteiger partial charge is 0.306 e. The molecule has 0 aliphatic rings. The Morgan fingerprint density at radius 3 is 1.25 bits per heavy atom. The number of hydrogen-bond acceptors (Lipinski definition) is 8. The summed E-state index contributed by atoms with van der Waals surface area (Å²) in [6.45, 7) is 2.29. The number of anilines is 6. The first-order valence-electron chi connectivity index (χ1n) is 24.4. The molecule has 0 atom stereocenters. The average Bonchev–Trinajstić information content (AvgIpc) is 3.43. The lowest BCUT2D eigenvalue weighted by molar-refractivity contribution is -0.144. The van der Waals surface area contributed by atoms with E-state index in [9.17, 15) is 9.59 Å². The summed E-state index contributed by atoms with van der Waals surface area (Å²) in [7, 11) is 1.59. The van der Waals surface area contributed by atoms with Crippen molar-refractivity contribution >= 4 is 67.4 Å². The number of fused-ring (bicyclic) bond motifs is 2. The van der Waals surface area contributed by atoms with Crippen LogP contribution in [0, 0.1) is 0 Å². The zero-order valence-electron chi connectivity index (χ0n) is 40.4. The molecule has 8 aromatic carbocycles. The van der Waals surface area contributed by atoms with Gasteiger partial charge in [-0.05, 0) is 126 Å². The molecule has 354 valence electrons. The maximum atomic E-state index is 12.3. The molecule has 0 saturated carbocycles. The van der Waals surface area contributed by atoms with Crippen molar-refractivity contribution in [1.29, 1.82) is 0 Å². The molecule has 10 aromatic rings. The van der Waals surface area contributed by atoms with E-state index in [-0.39, 0.29) is 18.4 Å². The second kappa shape index (κ2) is 21.9. The summed E-state index contributed by atoms with van der Waals surface area (Å²) in [6.07, 6.45) is 6.00. The van der Waals surface area contributed by atoms with Crippen molar-refractivity contribution in [2.75, 3.05) is 30.1 Å². The van der Waals surface area contributed by atoms with Crippen LogP contribution in [0.15, 0.2) is 219 Å². The van der Waals surface area contributed by atoms with Gasteiger partial charge in [-0.1, -0.05) is 133 Å². The van der Waals surface area contributed by atoms with Crippen LogP contribution in [0.1, 0.15) is 30.9 Å². The number of rotatable bonds is 18. The Morgan fingerprint density at radius 1 is 0.431 bits per heavy atom. The van der Waals surface area contributed by atoms with Gasteiger partial charge >= 0.3 is 5.97 Å². The molecule has 8 nitrogen and oxygen atoms in total. The summed E-state index contributed by atoms with van der Waals surface area (Å²) in [5.41, 5.74) is 14.2. The number of esters is 1. The maximum absolute atomic E-state index is 12.3. The SMILES string of the molecule is COCCOC(=O)CCc1ccc(N(c2ccc(-c3ccc(-c4ccc(-c5ccc(N(c6ccc(CCC(C)=O)cc6)c6cccc7ccccc67)cc5)cn4)nc3)cc2)c2cccc3ccccc23)cc1. The molecule has 0 bridgehead atoms. The predicted octanol–water partition coefficient (Wildman–Crippen LogP) is 15.4. The summed E-state index contributed by atoms with van der Waals surface area (Å²) in [5, 5.41) is 4.64. The van der Waals surface area contributed by atoms with Crippen LogP contribution in [0.3, 0.4) is 0 Å². The number of nitrogens with zero attached hydrogens (tertiary/aromatic N) is 4. The standard InChI is InChI=1S/C64H54N4O4/c1-45(69)17-18-46-19-30-54(31-20-46)67(62-15-7-11-50-9-3-5-13-58(50)62)56-34-24-48(25-35-56)52-28-38-60(65-43-52)61-39-29-53(44-66-61)49-26-36-57(37-27-49)68(63-16-8-12-51-10-4-6-14-59(51)63)55-32-21-47(22-33-55)23-40-64(70)72-42-41-71-2/h3-16,19-22,24-39,43-44H,17-18,23,40-42H2,1-2H3. The van der Waals surface area contributed by atoms with Crippen LogP contribution in [-0.4, -0.2) is 42.0 Å². The minimum absolute atomic E-state index is 0.197. The van der Waals surface area contributed by atoms with Crippen LogP contribution in [0.2, 0.25) is 0 Å². The molecule has 0 amide bonds. The Labute approximate surface area is 420 Å². The predicted molar refractivity (Wildman–Crippen MR) is 293 cm³/mol. The van der Waals surface area contributed by atoms with Crippen molar-refractivity contribution in [3.05, 3.63) is 230 Å². The van der Waals surface area contributed by atoms with E-state index in [4.69, 9.17) is 19.4 Å². The van der Waals surface area contributed by atoms with Gasteiger partial charge in [0, 0.05) is 77.0 Å². The van der Waals surface area contributed by atoms with Crippen molar-refractivity contribution in [2.24, 2.45) is 0 Å². The fraction of sp³-hybridized carbons (Fsp3) is 0.125. The number of benzene rings is 8. The fourth-order valence-electron chi connectivity index (χ4n) is 9.20. The molecule has 0 saturated heterocycles. The highest BCUT2D eigenvalue weighted by atomic mass is 16.6. The molecule has 2 heterocycles. The molecule has 8 heteroatoms. The quantitative estimate of drug-likeness (QED) is 0.0621. The average molecular weight is 943 g/mol. The Bertz CT molecular complexity index is 3440. The first-order valence-corrected chi connectivity index (χ1v) is 24.4. The number of methoxy groups -OCH3 is 1. The van der Waals surface area contributed by atoms with Gasteiger partial charge in [-0.3, -0.25) is 14.8 Å². The van der Waals surface area contributed by atoms with Crippen molar-refractivity contribution in [2.45, 2.75) is 32.6 Å². The molecular weight excluding hydrogens is 889 g/mol. The minimum atomic E-state index is -0.229. The number of Topliss-reactive ketones (excluding diaryl/α,β-unsaturated/α-hetero) is 1. The Balaban J connectivity index is 0.855. The zero-order chi connectivity index (χ0) is 49.2. The van der Waals surface area contributed by atoms with Gasteiger partial charge in [-0.2, -0.15) is 0 Å². The van der Waals surface area contributed by atoms with Crippen LogP contribution >= 0.6 is 0 Å². The number of carbonyl (C=O) groups excluding carboxylic acids is 2. The van der Waals surface area contributed by atoms with Gasteiger partial charge in [-0.15, -0.1) is 0 Å². The Hall–Kier alpha value is -8.72.